The first-order valence-corrected chi connectivity index (χ1v) is 9.15. The number of nitrogens with one attached hydrogen (secondary N) is 1. The molecule has 0 spiro atoms. The predicted octanol–water partition coefficient (Wildman–Crippen LogP) is 2.99. The molecule has 10 heteroatoms. The fourth-order valence-corrected chi connectivity index (χ4v) is 4.05. The fourth-order valence-electron chi connectivity index (χ4n) is 4.05. The average molecular weight is 404 g/mol. The van der Waals surface area contributed by atoms with E-state index in [-0.39, 0.29) is 23.8 Å². The molecule has 2 aromatic rings. The Bertz CT molecular complexity index is 1030. The van der Waals surface area contributed by atoms with Gasteiger partial charge in [0.15, 0.2) is 5.71 Å². The first-order chi connectivity index (χ1) is 13.8. The summed E-state index contributed by atoms with van der Waals surface area (Å²) in [5.41, 5.74) is 5.00. The highest BCUT2D eigenvalue weighted by molar-refractivity contribution is 6.06. The summed E-state index contributed by atoms with van der Waals surface area (Å²) in [6.07, 6.45) is 0.377. The summed E-state index contributed by atoms with van der Waals surface area (Å²) >= 11 is 0. The van der Waals surface area contributed by atoms with Gasteiger partial charge in [0.2, 0.25) is 11.9 Å². The summed E-state index contributed by atoms with van der Waals surface area (Å²) in [5.74, 6) is 0.158. The number of alkyl halides is 3. The Balaban J connectivity index is 1.64. The number of benzene rings is 1. The van der Waals surface area contributed by atoms with Crippen molar-refractivity contribution in [1.82, 2.24) is 9.97 Å². The van der Waals surface area contributed by atoms with E-state index < -0.39 is 17.6 Å². The first kappa shape index (κ1) is 19.2. The molecule has 1 saturated carbocycles. The lowest BCUT2D eigenvalue weighted by Crippen LogP contribution is -2.36. The number of aromatic nitrogens is 2. The molecule has 1 aromatic heterocycles. The minimum atomic E-state index is -4.67. The van der Waals surface area contributed by atoms with Gasteiger partial charge in [0.1, 0.15) is 0 Å². The minimum Gasteiger partial charge on any atom is -0.403 e. The van der Waals surface area contributed by atoms with Crippen molar-refractivity contribution in [2.75, 3.05) is 17.3 Å². The minimum absolute atomic E-state index is 0.0500. The van der Waals surface area contributed by atoms with Crippen molar-refractivity contribution < 1.29 is 18.0 Å². The molecule has 3 N–H and O–H groups in total. The van der Waals surface area contributed by atoms with E-state index in [2.05, 4.69) is 20.3 Å². The molecule has 2 atom stereocenters. The van der Waals surface area contributed by atoms with Crippen molar-refractivity contribution in [3.8, 4) is 0 Å². The van der Waals surface area contributed by atoms with E-state index in [0.717, 1.165) is 38.2 Å². The van der Waals surface area contributed by atoms with Crippen LogP contribution in [0.1, 0.15) is 19.3 Å². The fraction of sp³-hybridized carbons (Fsp3) is 0.368. The third-order valence-corrected chi connectivity index (χ3v) is 5.36. The van der Waals surface area contributed by atoms with Gasteiger partial charge in [-0.3, -0.25) is 9.79 Å². The van der Waals surface area contributed by atoms with Crippen LogP contribution in [0.25, 0.3) is 10.9 Å². The molecule has 2 bridgehead atoms. The van der Waals surface area contributed by atoms with Gasteiger partial charge in [-0.1, -0.05) is 0 Å². The maximum atomic E-state index is 13.1. The Labute approximate surface area is 164 Å². The maximum Gasteiger partial charge on any atom is 0.435 e. The molecular formula is C19H19F3N6O. The zero-order valence-corrected chi connectivity index (χ0v) is 15.6. The summed E-state index contributed by atoms with van der Waals surface area (Å²) in [6, 6.07) is 5.59. The molecule has 1 aromatic carbocycles. The lowest BCUT2D eigenvalue weighted by molar-refractivity contribution is -0.121. The summed E-state index contributed by atoms with van der Waals surface area (Å²) in [6.45, 7) is 0. The van der Waals surface area contributed by atoms with E-state index in [1.807, 2.05) is 6.07 Å². The van der Waals surface area contributed by atoms with Crippen molar-refractivity contribution in [2.24, 2.45) is 16.6 Å². The standard InChI is InChI=1S/C19H19F3N6O/c1-24-16(19(20,21)22)15(8-23)27-18-25-9-11-3-5-13(7-14(11)26-18)28-12-4-2-10(6-12)17(28)29/h3,5,7-10,12H,2,4,6,23H2,1H3,(H,25,26,27)/b15-8+,24-16?. The molecule has 152 valence electrons. The van der Waals surface area contributed by atoms with Crippen LogP contribution >= 0.6 is 0 Å². The number of hydrogen-bond acceptors (Lipinski definition) is 6. The van der Waals surface area contributed by atoms with Crippen LogP contribution in [-0.2, 0) is 4.79 Å². The molecule has 2 unspecified atom stereocenters. The van der Waals surface area contributed by atoms with Crippen LogP contribution < -0.4 is 16.0 Å². The zero-order chi connectivity index (χ0) is 20.8. The highest BCUT2D eigenvalue weighted by atomic mass is 19.4. The Hall–Kier alpha value is -3.17. The summed E-state index contributed by atoms with van der Waals surface area (Å²) < 4.78 is 39.3. The summed E-state index contributed by atoms with van der Waals surface area (Å²) in [5, 5.41) is 3.19. The molecule has 1 aliphatic heterocycles. The molecule has 1 amide bonds. The number of carbonyl (C=O) groups excluding carboxylic acids is 1. The molecule has 29 heavy (non-hydrogen) atoms. The molecule has 0 radical (unpaired) electrons. The highest BCUT2D eigenvalue weighted by Gasteiger charge is 2.45. The number of piperidine rings is 1. The number of rotatable bonds is 4. The SMILES string of the molecule is CN=C(/C(=C\N)Nc1ncc2ccc(N3C(=O)C4CCC3C4)cc2n1)C(F)(F)F. The molecule has 4 rings (SSSR count). The van der Waals surface area contributed by atoms with Gasteiger partial charge < -0.3 is 16.0 Å². The van der Waals surface area contributed by atoms with Gasteiger partial charge in [-0.25, -0.2) is 9.97 Å². The molecule has 2 fully saturated rings. The number of aliphatic imine (C=N–C) groups is 1. The molecule has 2 aliphatic rings. The molecular weight excluding hydrogens is 385 g/mol. The number of anilines is 2. The second kappa shape index (κ2) is 7.02. The smallest absolute Gasteiger partial charge is 0.403 e. The van der Waals surface area contributed by atoms with Gasteiger partial charge in [-0.2, -0.15) is 13.2 Å². The first-order valence-electron chi connectivity index (χ1n) is 9.15. The number of nitrogens with two attached hydrogens (primary N) is 1. The summed E-state index contributed by atoms with van der Waals surface area (Å²) in [4.78, 5) is 25.9. The van der Waals surface area contributed by atoms with Crippen molar-refractivity contribution >= 4 is 34.2 Å². The van der Waals surface area contributed by atoms with Gasteiger partial charge in [0.25, 0.3) is 0 Å². The predicted molar refractivity (Wildman–Crippen MR) is 103 cm³/mol. The van der Waals surface area contributed by atoms with Gasteiger partial charge in [-0.15, -0.1) is 0 Å². The number of hydrogen-bond donors (Lipinski definition) is 2. The summed E-state index contributed by atoms with van der Waals surface area (Å²) in [7, 11) is 1.03. The van der Waals surface area contributed by atoms with Crippen LogP contribution in [0, 0.1) is 5.92 Å². The second-order valence-electron chi connectivity index (χ2n) is 7.08. The van der Waals surface area contributed by atoms with Crippen LogP contribution in [0.5, 0.6) is 0 Å². The average Bonchev–Trinajstić information content (AvgIpc) is 3.27. The lowest BCUT2D eigenvalue weighted by Gasteiger charge is -2.27. The largest absolute Gasteiger partial charge is 0.435 e. The Morgan fingerprint density at radius 3 is 2.79 bits per heavy atom. The van der Waals surface area contributed by atoms with E-state index in [9.17, 15) is 18.0 Å². The van der Waals surface area contributed by atoms with Gasteiger partial charge in [0.05, 0.1) is 11.2 Å². The number of fused-ring (bicyclic) bond motifs is 3. The van der Waals surface area contributed by atoms with E-state index in [1.165, 1.54) is 6.20 Å². The lowest BCUT2D eigenvalue weighted by atomic mass is 10.1. The van der Waals surface area contributed by atoms with Gasteiger partial charge in [0, 0.05) is 42.5 Å². The number of nitrogens with zero attached hydrogens (tertiary/aromatic N) is 4. The maximum absolute atomic E-state index is 13.1. The van der Waals surface area contributed by atoms with Crippen LogP contribution in [0.4, 0.5) is 24.8 Å². The van der Waals surface area contributed by atoms with Crippen molar-refractivity contribution in [1.29, 1.82) is 0 Å². The number of halogens is 3. The Morgan fingerprint density at radius 1 is 1.38 bits per heavy atom. The van der Waals surface area contributed by atoms with Crippen LogP contribution in [0.3, 0.4) is 0 Å². The Morgan fingerprint density at radius 2 is 2.17 bits per heavy atom. The van der Waals surface area contributed by atoms with Gasteiger partial charge >= 0.3 is 6.18 Å². The van der Waals surface area contributed by atoms with Gasteiger partial charge in [-0.05, 0) is 37.5 Å². The van der Waals surface area contributed by atoms with Crippen LogP contribution in [0.15, 0.2) is 41.3 Å². The van der Waals surface area contributed by atoms with Crippen molar-refractivity contribution in [2.45, 2.75) is 31.5 Å². The van der Waals surface area contributed by atoms with Crippen molar-refractivity contribution in [3.63, 3.8) is 0 Å². The number of carbonyl (C=O) groups is 1. The van der Waals surface area contributed by atoms with Crippen LogP contribution in [-0.4, -0.2) is 40.9 Å². The quantitative estimate of drug-likeness (QED) is 0.764. The molecule has 1 saturated heterocycles. The number of amides is 1. The molecule has 7 nitrogen and oxygen atoms in total. The Kier molecular flexibility index (Phi) is 4.64. The topological polar surface area (TPSA) is 96.5 Å². The van der Waals surface area contributed by atoms with E-state index >= 15 is 0 Å². The molecule has 2 heterocycles. The van der Waals surface area contributed by atoms with Crippen molar-refractivity contribution in [3.05, 3.63) is 36.3 Å². The zero-order valence-electron chi connectivity index (χ0n) is 15.6. The highest BCUT2D eigenvalue weighted by Crippen LogP contribution is 2.41. The third-order valence-electron chi connectivity index (χ3n) is 5.36. The van der Waals surface area contributed by atoms with Crippen LogP contribution in [0.2, 0.25) is 0 Å². The molecule has 1 aliphatic carbocycles. The van der Waals surface area contributed by atoms with E-state index in [1.54, 1.807) is 17.0 Å². The monoisotopic (exact) mass is 404 g/mol. The van der Waals surface area contributed by atoms with E-state index in [4.69, 9.17) is 5.73 Å². The second-order valence-corrected chi connectivity index (χ2v) is 7.08. The third kappa shape index (κ3) is 3.39. The normalized spacial score (nSPS) is 22.6. The number of allylic oxidation sites excluding steroid dienone is 1. The van der Waals surface area contributed by atoms with E-state index in [0.29, 0.717) is 10.9 Å².